The molecular weight excluding hydrogens is 396 g/mol. The van der Waals surface area contributed by atoms with Crippen molar-refractivity contribution < 1.29 is 19.8 Å². The maximum Gasteiger partial charge on any atom is 0.312 e. The lowest BCUT2D eigenvalue weighted by atomic mass is 10.2. The van der Waals surface area contributed by atoms with Gasteiger partial charge in [0.05, 0.1) is 34.0 Å². The Morgan fingerprint density at radius 2 is 1.48 bits per heavy atom. The molecule has 0 fully saturated rings. The SMILES string of the molecule is CCCCCCN=[N+]=[N-].CN(c1c([N+](=O)[O-])cc([N+](=O)[O-])cc1[N+](=O)[O-])[N+](=O)[O-]. The van der Waals surface area contributed by atoms with E-state index in [-0.39, 0.29) is 5.01 Å². The van der Waals surface area contributed by atoms with Crippen LogP contribution in [0.5, 0.6) is 0 Å². The molecule has 0 aliphatic rings. The highest BCUT2D eigenvalue weighted by Gasteiger charge is 2.37. The number of nitro groups is 4. The van der Waals surface area contributed by atoms with Gasteiger partial charge in [0.15, 0.2) is 5.03 Å². The van der Waals surface area contributed by atoms with Crippen LogP contribution in [-0.2, 0) is 0 Å². The third-order valence-electron chi connectivity index (χ3n) is 3.40. The Morgan fingerprint density at radius 3 is 1.83 bits per heavy atom. The van der Waals surface area contributed by atoms with Crippen LogP contribution in [0.2, 0.25) is 0 Å². The fourth-order valence-electron chi connectivity index (χ4n) is 2.04. The second-order valence-electron chi connectivity index (χ2n) is 5.38. The predicted molar refractivity (Wildman–Crippen MR) is 100.0 cm³/mol. The van der Waals surface area contributed by atoms with Crippen LogP contribution in [-0.4, -0.2) is 33.4 Å². The molecule has 0 saturated heterocycles. The van der Waals surface area contributed by atoms with Gasteiger partial charge >= 0.3 is 11.4 Å². The van der Waals surface area contributed by atoms with Crippen LogP contribution in [0.25, 0.3) is 10.4 Å². The number of hydrogen-bond donors (Lipinski definition) is 0. The average Bonchev–Trinajstić information content (AvgIpc) is 2.66. The first-order valence-electron chi connectivity index (χ1n) is 8.08. The third kappa shape index (κ3) is 8.00. The van der Waals surface area contributed by atoms with E-state index in [9.17, 15) is 40.5 Å². The lowest BCUT2D eigenvalue weighted by molar-refractivity contribution is -0.493. The zero-order valence-electron chi connectivity index (χ0n) is 15.5. The van der Waals surface area contributed by atoms with E-state index in [4.69, 9.17) is 5.53 Å². The van der Waals surface area contributed by atoms with Gasteiger partial charge < -0.3 is 0 Å². The standard InChI is InChI=1S/C7H5N5O8.C6H13N3/c1-8(12(19)20)7-5(10(15)16)2-4(9(13)14)3-6(7)11(17)18;1-2-3-4-5-6-8-9-7/h2-3H,1H3;2-6H2,1H3. The van der Waals surface area contributed by atoms with E-state index < -0.39 is 42.6 Å². The van der Waals surface area contributed by atoms with Gasteiger partial charge in [0.2, 0.25) is 0 Å². The molecule has 0 spiro atoms. The van der Waals surface area contributed by atoms with Crippen LogP contribution < -0.4 is 5.01 Å². The van der Waals surface area contributed by atoms with Crippen LogP contribution in [0.15, 0.2) is 17.2 Å². The minimum absolute atomic E-state index is 0.0555. The molecule has 0 radical (unpaired) electrons. The topological polar surface area (TPSA) is 225 Å². The van der Waals surface area contributed by atoms with Crippen molar-refractivity contribution in [3.8, 4) is 0 Å². The Morgan fingerprint density at radius 1 is 0.966 bits per heavy atom. The monoisotopic (exact) mass is 414 g/mol. The van der Waals surface area contributed by atoms with Gasteiger partial charge in [-0.1, -0.05) is 36.3 Å². The van der Waals surface area contributed by atoms with E-state index in [1.807, 2.05) is 0 Å². The molecule has 0 bridgehead atoms. The van der Waals surface area contributed by atoms with Gasteiger partial charge in [-0.25, -0.2) is 10.1 Å². The Labute approximate surface area is 162 Å². The first-order valence-corrected chi connectivity index (χ1v) is 8.08. The van der Waals surface area contributed by atoms with Crippen LogP contribution in [0.3, 0.4) is 0 Å². The number of non-ortho nitro benzene ring substituents is 1. The summed E-state index contributed by atoms with van der Waals surface area (Å²) in [7, 11) is 0.751. The van der Waals surface area contributed by atoms with Gasteiger partial charge in [0.25, 0.3) is 11.4 Å². The summed E-state index contributed by atoms with van der Waals surface area (Å²) in [6.45, 7) is 2.82. The van der Waals surface area contributed by atoms with Crippen LogP contribution in [0.4, 0.5) is 22.7 Å². The normalized spacial score (nSPS) is 9.45. The lowest BCUT2D eigenvalue weighted by Crippen LogP contribution is -2.26. The van der Waals surface area contributed by atoms with Gasteiger partial charge in [-0.05, 0) is 12.0 Å². The summed E-state index contributed by atoms with van der Waals surface area (Å²) in [5.74, 6) is 0. The quantitative estimate of drug-likeness (QED) is 0.135. The fourth-order valence-corrected chi connectivity index (χ4v) is 2.04. The number of azide groups is 1. The average molecular weight is 414 g/mol. The molecule has 1 aromatic rings. The molecule has 0 atom stereocenters. The molecule has 158 valence electrons. The number of rotatable bonds is 10. The maximum absolute atomic E-state index is 10.8. The zero-order chi connectivity index (χ0) is 22.6. The van der Waals surface area contributed by atoms with Crippen molar-refractivity contribution >= 4 is 22.7 Å². The molecule has 16 heteroatoms. The zero-order valence-corrected chi connectivity index (χ0v) is 15.5. The molecular formula is C13H18N8O8. The Kier molecular flexibility index (Phi) is 10.6. The van der Waals surface area contributed by atoms with E-state index in [0.29, 0.717) is 18.7 Å². The van der Waals surface area contributed by atoms with Crippen molar-refractivity contribution in [3.63, 3.8) is 0 Å². The van der Waals surface area contributed by atoms with Crippen molar-refractivity contribution in [1.82, 2.24) is 0 Å². The summed E-state index contributed by atoms with van der Waals surface area (Å²) in [5.41, 5.74) is 3.81. The predicted octanol–water partition coefficient (Wildman–Crippen LogP) is 3.92. The molecule has 0 aliphatic heterocycles. The molecule has 0 N–H and O–H groups in total. The van der Waals surface area contributed by atoms with E-state index >= 15 is 0 Å². The summed E-state index contributed by atoms with van der Waals surface area (Å²) in [6, 6.07) is 0.838. The molecule has 0 heterocycles. The van der Waals surface area contributed by atoms with Crippen LogP contribution in [0, 0.1) is 40.5 Å². The summed E-state index contributed by atoms with van der Waals surface area (Å²) in [5, 5.41) is 45.2. The second kappa shape index (κ2) is 12.3. The first-order chi connectivity index (χ1) is 13.6. The molecule has 0 aromatic heterocycles. The van der Waals surface area contributed by atoms with E-state index in [1.165, 1.54) is 19.3 Å². The Bertz CT molecular complexity index is 788. The minimum atomic E-state index is -1.17. The van der Waals surface area contributed by atoms with Crippen LogP contribution in [0.1, 0.15) is 32.6 Å². The molecule has 1 aromatic carbocycles. The van der Waals surface area contributed by atoms with Crippen molar-refractivity contribution in [1.29, 1.82) is 0 Å². The Balaban J connectivity index is 0.000000734. The number of nitrogens with zero attached hydrogens (tertiary/aromatic N) is 8. The third-order valence-corrected chi connectivity index (χ3v) is 3.40. The van der Waals surface area contributed by atoms with Gasteiger partial charge in [-0.2, -0.15) is 0 Å². The molecule has 0 unspecified atom stereocenters. The highest BCUT2D eigenvalue weighted by molar-refractivity contribution is 5.76. The smallest absolute Gasteiger partial charge is 0.258 e. The number of anilines is 1. The lowest BCUT2D eigenvalue weighted by Gasteiger charge is -2.08. The number of benzene rings is 1. The van der Waals surface area contributed by atoms with Gasteiger partial charge in [-0.3, -0.25) is 30.3 Å². The molecule has 1 rings (SSSR count). The highest BCUT2D eigenvalue weighted by atomic mass is 16.7. The summed E-state index contributed by atoms with van der Waals surface area (Å²) in [6.07, 6.45) is 4.71. The van der Waals surface area contributed by atoms with E-state index in [2.05, 4.69) is 16.9 Å². The van der Waals surface area contributed by atoms with Crippen LogP contribution >= 0.6 is 0 Å². The number of hydrogen-bond acceptors (Lipinski definition) is 9. The van der Waals surface area contributed by atoms with Crippen molar-refractivity contribution in [2.75, 3.05) is 18.6 Å². The minimum Gasteiger partial charge on any atom is -0.258 e. The van der Waals surface area contributed by atoms with Crippen molar-refractivity contribution in [3.05, 3.63) is 63.0 Å². The summed E-state index contributed by atoms with van der Waals surface area (Å²) in [4.78, 5) is 42.1. The number of nitro benzene ring substituents is 3. The number of unbranched alkanes of at least 4 members (excludes halogenated alkanes) is 3. The maximum atomic E-state index is 10.8. The molecule has 0 saturated carbocycles. The first kappa shape index (κ1) is 24.9. The summed E-state index contributed by atoms with van der Waals surface area (Å²) >= 11 is 0. The van der Waals surface area contributed by atoms with Crippen molar-refractivity contribution in [2.24, 2.45) is 5.11 Å². The summed E-state index contributed by atoms with van der Waals surface area (Å²) < 4.78 is 0. The molecule has 0 amide bonds. The van der Waals surface area contributed by atoms with E-state index in [0.717, 1.165) is 13.5 Å². The van der Waals surface area contributed by atoms with Crippen molar-refractivity contribution in [2.45, 2.75) is 32.6 Å². The molecule has 0 aliphatic carbocycles. The Hall–Kier alpha value is -4.07. The van der Waals surface area contributed by atoms with E-state index in [1.54, 1.807) is 0 Å². The van der Waals surface area contributed by atoms with Gasteiger partial charge in [-0.15, -0.1) is 0 Å². The van der Waals surface area contributed by atoms with Gasteiger partial charge in [0.1, 0.15) is 0 Å². The highest BCUT2D eigenvalue weighted by Crippen LogP contribution is 2.40. The second-order valence-corrected chi connectivity index (χ2v) is 5.38. The largest absolute Gasteiger partial charge is 0.312 e. The fraction of sp³-hybridized carbons (Fsp3) is 0.538. The number of hydrazine groups is 1. The van der Waals surface area contributed by atoms with Gasteiger partial charge in [0, 0.05) is 11.5 Å². The molecule has 16 nitrogen and oxygen atoms in total. The molecule has 29 heavy (non-hydrogen) atoms.